The quantitative estimate of drug-likeness (QED) is 0.603. The Hall–Kier alpha value is -1.96. The summed E-state index contributed by atoms with van der Waals surface area (Å²) < 4.78 is 27.2. The minimum absolute atomic E-state index is 0.0226. The van der Waals surface area contributed by atoms with Crippen molar-refractivity contribution in [1.82, 2.24) is 13.8 Å². The summed E-state index contributed by atoms with van der Waals surface area (Å²) >= 11 is 0. The Balaban J connectivity index is 1.59. The molecule has 1 aromatic heterocycles. The highest BCUT2D eigenvalue weighted by Gasteiger charge is 2.28. The molecule has 1 saturated heterocycles. The van der Waals surface area contributed by atoms with Crippen molar-refractivity contribution in [1.29, 1.82) is 0 Å². The second-order valence-electron chi connectivity index (χ2n) is 8.38. The Bertz CT molecular complexity index is 975. The number of benzene rings is 1. The maximum absolute atomic E-state index is 13.0. The minimum atomic E-state index is -3.17. The number of carbonyl (C=O) groups excluding carboxylic acids is 1. The third kappa shape index (κ3) is 5.39. The molecular formula is C23H33N3O3S. The van der Waals surface area contributed by atoms with Gasteiger partial charge in [0.25, 0.3) is 0 Å². The number of aromatic nitrogens is 1. The number of piperidine rings is 1. The van der Waals surface area contributed by atoms with E-state index in [1.165, 1.54) is 16.1 Å². The molecule has 2 heterocycles. The standard InChI is InChI=1S/C23H33N3O3S/c1-18-16-22(19(2)26(18)15-10-20-8-6-5-7-9-20)23(27)17-25-13-11-21(12-14-25)24(3)30(4,28)29/h5-9,16,21H,10-15,17H2,1-4H3. The predicted octanol–water partition coefficient (Wildman–Crippen LogP) is 2.89. The minimum Gasteiger partial charge on any atom is -0.348 e. The Labute approximate surface area is 180 Å². The van der Waals surface area contributed by atoms with Gasteiger partial charge in [-0.2, -0.15) is 0 Å². The molecule has 0 N–H and O–H groups in total. The molecule has 0 aliphatic carbocycles. The van der Waals surface area contributed by atoms with Crippen molar-refractivity contribution in [3.63, 3.8) is 0 Å². The number of carbonyl (C=O) groups is 1. The van der Waals surface area contributed by atoms with Gasteiger partial charge in [0.1, 0.15) is 0 Å². The lowest BCUT2D eigenvalue weighted by molar-refractivity contribution is 0.0890. The SMILES string of the molecule is Cc1cc(C(=O)CN2CCC(N(C)S(C)(=O)=O)CC2)c(C)n1CCc1ccccc1. The zero-order valence-electron chi connectivity index (χ0n) is 18.5. The number of nitrogens with zero attached hydrogens (tertiary/aromatic N) is 3. The van der Waals surface area contributed by atoms with Crippen LogP contribution in [0, 0.1) is 13.8 Å². The number of aryl methyl sites for hydroxylation is 2. The molecule has 6 nitrogen and oxygen atoms in total. The van der Waals surface area contributed by atoms with E-state index < -0.39 is 10.0 Å². The first-order valence-corrected chi connectivity index (χ1v) is 12.4. The highest BCUT2D eigenvalue weighted by Crippen LogP contribution is 2.20. The van der Waals surface area contributed by atoms with E-state index in [4.69, 9.17) is 0 Å². The maximum Gasteiger partial charge on any atom is 0.211 e. The molecule has 0 saturated carbocycles. The van der Waals surface area contributed by atoms with Crippen molar-refractivity contribution in [2.75, 3.05) is 32.9 Å². The fourth-order valence-corrected chi connectivity index (χ4v) is 5.07. The van der Waals surface area contributed by atoms with Crippen LogP contribution in [0.1, 0.15) is 40.2 Å². The van der Waals surface area contributed by atoms with Gasteiger partial charge in [0, 0.05) is 49.7 Å². The van der Waals surface area contributed by atoms with Crippen molar-refractivity contribution in [3.8, 4) is 0 Å². The zero-order chi connectivity index (χ0) is 21.9. The van der Waals surface area contributed by atoms with Crippen LogP contribution in [0.3, 0.4) is 0 Å². The van der Waals surface area contributed by atoms with Gasteiger partial charge in [0.2, 0.25) is 10.0 Å². The second-order valence-corrected chi connectivity index (χ2v) is 10.4. The van der Waals surface area contributed by atoms with Crippen molar-refractivity contribution in [3.05, 3.63) is 58.9 Å². The van der Waals surface area contributed by atoms with Crippen LogP contribution >= 0.6 is 0 Å². The first-order chi connectivity index (χ1) is 14.2. The van der Waals surface area contributed by atoms with E-state index >= 15 is 0 Å². The average Bonchev–Trinajstić information content (AvgIpc) is 3.00. The molecule has 0 amide bonds. The average molecular weight is 432 g/mol. The summed E-state index contributed by atoms with van der Waals surface area (Å²) in [6, 6.07) is 12.4. The van der Waals surface area contributed by atoms with Crippen LogP contribution in [0.5, 0.6) is 0 Å². The number of likely N-dealkylation sites (tertiary alicyclic amines) is 1. The molecule has 1 aliphatic heterocycles. The Morgan fingerprint density at radius 1 is 1.13 bits per heavy atom. The number of sulfonamides is 1. The molecule has 1 aliphatic rings. The van der Waals surface area contributed by atoms with Gasteiger partial charge in [0.05, 0.1) is 12.8 Å². The molecule has 1 fully saturated rings. The van der Waals surface area contributed by atoms with Crippen molar-refractivity contribution >= 4 is 15.8 Å². The fraction of sp³-hybridized carbons (Fsp3) is 0.522. The maximum atomic E-state index is 13.0. The zero-order valence-corrected chi connectivity index (χ0v) is 19.3. The summed E-state index contributed by atoms with van der Waals surface area (Å²) in [6.45, 7) is 6.81. The Kier molecular flexibility index (Phi) is 7.16. The molecule has 7 heteroatoms. The number of Topliss-reactive ketones (excluding diaryl/α,β-unsaturated/α-hetero) is 1. The highest BCUT2D eigenvalue weighted by molar-refractivity contribution is 7.88. The van der Waals surface area contributed by atoms with E-state index in [1.54, 1.807) is 7.05 Å². The van der Waals surface area contributed by atoms with Gasteiger partial charge >= 0.3 is 0 Å². The van der Waals surface area contributed by atoms with Crippen LogP contribution in [0.4, 0.5) is 0 Å². The smallest absolute Gasteiger partial charge is 0.211 e. The van der Waals surface area contributed by atoms with Crippen LogP contribution in [-0.2, 0) is 23.0 Å². The van der Waals surface area contributed by atoms with Crippen molar-refractivity contribution in [2.24, 2.45) is 0 Å². The van der Waals surface area contributed by atoms with Gasteiger partial charge in [-0.05, 0) is 44.7 Å². The molecule has 30 heavy (non-hydrogen) atoms. The lowest BCUT2D eigenvalue weighted by atomic mass is 10.0. The summed E-state index contributed by atoms with van der Waals surface area (Å²) in [5.41, 5.74) is 4.23. The molecule has 3 rings (SSSR count). The van der Waals surface area contributed by atoms with E-state index in [9.17, 15) is 13.2 Å². The largest absolute Gasteiger partial charge is 0.348 e. The lowest BCUT2D eigenvalue weighted by Crippen LogP contribution is -2.46. The summed E-state index contributed by atoms with van der Waals surface area (Å²) in [6.07, 6.45) is 3.70. The van der Waals surface area contributed by atoms with Gasteiger partial charge in [-0.15, -0.1) is 0 Å². The fourth-order valence-electron chi connectivity index (χ4n) is 4.31. The van der Waals surface area contributed by atoms with Crippen LogP contribution in [0.2, 0.25) is 0 Å². The van der Waals surface area contributed by atoms with Gasteiger partial charge in [-0.3, -0.25) is 9.69 Å². The van der Waals surface area contributed by atoms with Gasteiger partial charge in [0.15, 0.2) is 5.78 Å². The van der Waals surface area contributed by atoms with Crippen LogP contribution < -0.4 is 0 Å². The monoisotopic (exact) mass is 431 g/mol. The van der Waals surface area contributed by atoms with Crippen LogP contribution in [0.25, 0.3) is 0 Å². The molecule has 0 spiro atoms. The van der Waals surface area contributed by atoms with E-state index in [0.717, 1.165) is 55.8 Å². The van der Waals surface area contributed by atoms with Crippen molar-refractivity contribution < 1.29 is 13.2 Å². The van der Waals surface area contributed by atoms with Crippen molar-refractivity contribution in [2.45, 2.75) is 45.7 Å². The predicted molar refractivity (Wildman–Crippen MR) is 120 cm³/mol. The molecule has 0 unspecified atom stereocenters. The first-order valence-electron chi connectivity index (χ1n) is 10.6. The summed E-state index contributed by atoms with van der Waals surface area (Å²) in [5.74, 6) is 0.143. The Morgan fingerprint density at radius 2 is 1.77 bits per heavy atom. The summed E-state index contributed by atoms with van der Waals surface area (Å²) in [4.78, 5) is 15.1. The Morgan fingerprint density at radius 3 is 2.37 bits per heavy atom. The number of hydrogen-bond donors (Lipinski definition) is 0. The molecule has 1 aromatic carbocycles. The number of rotatable bonds is 8. The van der Waals surface area contributed by atoms with Gasteiger partial charge in [-0.1, -0.05) is 30.3 Å². The summed E-state index contributed by atoms with van der Waals surface area (Å²) in [7, 11) is -1.53. The molecular weight excluding hydrogens is 398 g/mol. The van der Waals surface area contributed by atoms with E-state index in [-0.39, 0.29) is 11.8 Å². The van der Waals surface area contributed by atoms with Gasteiger partial charge in [-0.25, -0.2) is 12.7 Å². The highest BCUT2D eigenvalue weighted by atomic mass is 32.2. The lowest BCUT2D eigenvalue weighted by Gasteiger charge is -2.35. The van der Waals surface area contributed by atoms with Crippen LogP contribution in [-0.4, -0.2) is 67.0 Å². The third-order valence-electron chi connectivity index (χ3n) is 6.30. The van der Waals surface area contributed by atoms with E-state index in [0.29, 0.717) is 6.54 Å². The van der Waals surface area contributed by atoms with Crippen LogP contribution in [0.15, 0.2) is 36.4 Å². The third-order valence-corrected chi connectivity index (χ3v) is 7.65. The second kappa shape index (κ2) is 9.45. The number of hydrogen-bond acceptors (Lipinski definition) is 4. The molecule has 164 valence electrons. The summed E-state index contributed by atoms with van der Waals surface area (Å²) in [5, 5.41) is 0. The molecule has 0 atom stereocenters. The first kappa shape index (κ1) is 22.7. The topological polar surface area (TPSA) is 62.6 Å². The van der Waals surface area contributed by atoms with E-state index in [2.05, 4.69) is 40.7 Å². The number of ketones is 1. The molecule has 0 bridgehead atoms. The molecule has 0 radical (unpaired) electrons. The van der Waals surface area contributed by atoms with Gasteiger partial charge < -0.3 is 4.57 Å². The molecule has 2 aromatic rings. The van der Waals surface area contributed by atoms with E-state index in [1.807, 2.05) is 19.1 Å². The normalized spacial score (nSPS) is 16.3.